The lowest BCUT2D eigenvalue weighted by Crippen LogP contribution is -2.30. The summed E-state index contributed by atoms with van der Waals surface area (Å²) in [5, 5.41) is 0. The number of hydrogen-bond acceptors (Lipinski definition) is 6. The zero-order valence-electron chi connectivity index (χ0n) is 51.2. The van der Waals surface area contributed by atoms with Crippen LogP contribution in [0.3, 0.4) is 0 Å². The van der Waals surface area contributed by atoms with Crippen LogP contribution in [0.25, 0.3) is 0 Å². The normalized spacial score (nSPS) is 12.5. The predicted molar refractivity (Wildman–Crippen MR) is 335 cm³/mol. The first kappa shape index (κ1) is 73.8. The molecule has 0 aromatic heterocycles. The molecule has 0 bridgehead atoms. The number of rotatable bonds is 61. The Balaban J connectivity index is 4.22. The molecule has 1 atom stereocenters. The van der Waals surface area contributed by atoms with Crippen LogP contribution in [0, 0.1) is 0 Å². The summed E-state index contributed by atoms with van der Waals surface area (Å²) in [6.07, 6.45) is 85.2. The van der Waals surface area contributed by atoms with Crippen LogP contribution in [0.5, 0.6) is 0 Å². The van der Waals surface area contributed by atoms with Gasteiger partial charge in [0.05, 0.1) is 0 Å². The Morgan fingerprint density at radius 3 is 0.896 bits per heavy atom. The predicted octanol–water partition coefficient (Wildman–Crippen LogP) is 22.9. The number of allylic oxidation sites excluding steroid dienone is 12. The minimum atomic E-state index is -0.808. The molecule has 77 heavy (non-hydrogen) atoms. The van der Waals surface area contributed by atoms with E-state index in [1.165, 1.54) is 218 Å². The summed E-state index contributed by atoms with van der Waals surface area (Å²) >= 11 is 0. The van der Waals surface area contributed by atoms with E-state index < -0.39 is 6.10 Å². The molecule has 0 rings (SSSR count). The number of unbranched alkanes of at least 4 members (excludes halogenated alkanes) is 38. The van der Waals surface area contributed by atoms with Crippen molar-refractivity contribution in [2.45, 2.75) is 348 Å². The van der Waals surface area contributed by atoms with Gasteiger partial charge >= 0.3 is 17.9 Å². The number of esters is 3. The van der Waals surface area contributed by atoms with Crippen LogP contribution in [0.15, 0.2) is 72.9 Å². The Morgan fingerprint density at radius 2 is 0.532 bits per heavy atom. The maximum absolute atomic E-state index is 12.9. The van der Waals surface area contributed by atoms with Gasteiger partial charge < -0.3 is 14.2 Å². The minimum absolute atomic E-state index is 0.0980. The van der Waals surface area contributed by atoms with Gasteiger partial charge in [-0.2, -0.15) is 0 Å². The maximum atomic E-state index is 12.9. The number of carbonyl (C=O) groups is 3. The van der Waals surface area contributed by atoms with Gasteiger partial charge in [0.2, 0.25) is 0 Å². The smallest absolute Gasteiger partial charge is 0.306 e. The number of carbonyl (C=O) groups excluding carboxylic acids is 3. The summed E-state index contributed by atoms with van der Waals surface area (Å²) in [5.74, 6) is -0.976. The Labute approximate surface area is 478 Å². The van der Waals surface area contributed by atoms with E-state index in [9.17, 15) is 14.4 Å². The summed E-state index contributed by atoms with van der Waals surface area (Å²) in [7, 11) is 0. The van der Waals surface area contributed by atoms with Crippen molar-refractivity contribution in [1.82, 2.24) is 0 Å². The molecule has 0 saturated heterocycles. The molecule has 6 heteroatoms. The van der Waals surface area contributed by atoms with E-state index in [1.54, 1.807) is 0 Å². The van der Waals surface area contributed by atoms with E-state index in [2.05, 4.69) is 87.6 Å². The van der Waals surface area contributed by atoms with Crippen molar-refractivity contribution < 1.29 is 28.6 Å². The topological polar surface area (TPSA) is 78.9 Å². The van der Waals surface area contributed by atoms with Gasteiger partial charge in [-0.05, 0) is 77.0 Å². The van der Waals surface area contributed by atoms with Gasteiger partial charge in [-0.15, -0.1) is 0 Å². The van der Waals surface area contributed by atoms with Crippen molar-refractivity contribution in [2.75, 3.05) is 13.2 Å². The highest BCUT2D eigenvalue weighted by atomic mass is 16.6. The fourth-order valence-electron chi connectivity index (χ4n) is 9.73. The molecule has 446 valence electrons. The van der Waals surface area contributed by atoms with E-state index in [0.717, 1.165) is 77.0 Å². The third kappa shape index (κ3) is 63.6. The van der Waals surface area contributed by atoms with Crippen LogP contribution < -0.4 is 0 Å². The molecule has 0 heterocycles. The van der Waals surface area contributed by atoms with Crippen molar-refractivity contribution in [3.05, 3.63) is 72.9 Å². The second-order valence-electron chi connectivity index (χ2n) is 22.4. The van der Waals surface area contributed by atoms with Crippen molar-refractivity contribution in [1.29, 1.82) is 0 Å². The molecule has 0 fully saturated rings. The first-order valence-electron chi connectivity index (χ1n) is 33.4. The molecule has 0 aliphatic carbocycles. The van der Waals surface area contributed by atoms with Crippen LogP contribution >= 0.6 is 0 Å². The van der Waals surface area contributed by atoms with Crippen molar-refractivity contribution >= 4 is 17.9 Å². The summed E-state index contributed by atoms with van der Waals surface area (Å²) in [4.78, 5) is 38.2. The Kier molecular flexibility index (Phi) is 62.7. The van der Waals surface area contributed by atoms with Crippen molar-refractivity contribution in [3.8, 4) is 0 Å². The molecule has 0 aliphatic rings. The lowest BCUT2D eigenvalue weighted by atomic mass is 10.0. The lowest BCUT2D eigenvalue weighted by molar-refractivity contribution is -0.166. The maximum Gasteiger partial charge on any atom is 0.306 e. The zero-order chi connectivity index (χ0) is 55.7. The molecule has 1 unspecified atom stereocenters. The minimum Gasteiger partial charge on any atom is -0.462 e. The fourth-order valence-corrected chi connectivity index (χ4v) is 9.73. The highest BCUT2D eigenvalue weighted by molar-refractivity contribution is 5.71. The van der Waals surface area contributed by atoms with E-state index in [0.29, 0.717) is 19.3 Å². The zero-order valence-corrected chi connectivity index (χ0v) is 51.2. The third-order valence-corrected chi connectivity index (χ3v) is 14.7. The Hall–Kier alpha value is -3.15. The van der Waals surface area contributed by atoms with Gasteiger partial charge in [0.1, 0.15) is 13.2 Å². The van der Waals surface area contributed by atoms with Crippen LogP contribution in [0.2, 0.25) is 0 Å². The van der Waals surface area contributed by atoms with E-state index in [1.807, 2.05) is 6.08 Å². The fraction of sp³-hybridized carbons (Fsp3) is 0.789. The monoisotopic (exact) mass is 1070 g/mol. The quantitative estimate of drug-likeness (QED) is 0.0261. The van der Waals surface area contributed by atoms with Crippen molar-refractivity contribution in [2.24, 2.45) is 0 Å². The summed E-state index contributed by atoms with van der Waals surface area (Å²) in [5.41, 5.74) is 0. The molecule has 0 N–H and O–H groups in total. The van der Waals surface area contributed by atoms with Gasteiger partial charge in [-0.25, -0.2) is 0 Å². The van der Waals surface area contributed by atoms with Crippen molar-refractivity contribution in [3.63, 3.8) is 0 Å². The molecular weight excluding hydrogens is 949 g/mol. The Morgan fingerprint density at radius 1 is 0.273 bits per heavy atom. The molecule has 0 saturated carbocycles. The van der Waals surface area contributed by atoms with E-state index in [-0.39, 0.29) is 37.5 Å². The molecule has 0 amide bonds. The lowest BCUT2D eigenvalue weighted by Gasteiger charge is -2.18. The second-order valence-corrected chi connectivity index (χ2v) is 22.4. The average Bonchev–Trinajstić information content (AvgIpc) is 3.43. The largest absolute Gasteiger partial charge is 0.462 e. The van der Waals surface area contributed by atoms with Gasteiger partial charge in [-0.3, -0.25) is 14.4 Å². The average molecular weight is 1080 g/mol. The second kappa shape index (κ2) is 65.4. The molecule has 0 aromatic rings. The van der Waals surface area contributed by atoms with Gasteiger partial charge in [0, 0.05) is 19.3 Å². The molecular formula is C71H126O6. The third-order valence-electron chi connectivity index (χ3n) is 14.7. The van der Waals surface area contributed by atoms with E-state index >= 15 is 0 Å². The van der Waals surface area contributed by atoms with Crippen LogP contribution in [-0.4, -0.2) is 37.2 Å². The number of hydrogen-bond donors (Lipinski definition) is 0. The molecule has 0 aromatic carbocycles. The summed E-state index contributed by atoms with van der Waals surface area (Å²) in [6, 6.07) is 0. The molecule has 6 nitrogen and oxygen atoms in total. The molecule has 0 spiro atoms. The number of ether oxygens (including phenoxy) is 3. The van der Waals surface area contributed by atoms with Crippen LogP contribution in [0.1, 0.15) is 342 Å². The van der Waals surface area contributed by atoms with E-state index in [4.69, 9.17) is 14.2 Å². The Bertz CT molecular complexity index is 1420. The first-order valence-corrected chi connectivity index (χ1v) is 33.4. The van der Waals surface area contributed by atoms with Gasteiger partial charge in [0.25, 0.3) is 0 Å². The highest BCUT2D eigenvalue weighted by Crippen LogP contribution is 2.18. The summed E-state index contributed by atoms with van der Waals surface area (Å²) in [6.45, 7) is 6.47. The molecule has 0 radical (unpaired) electrons. The summed E-state index contributed by atoms with van der Waals surface area (Å²) < 4.78 is 16.8. The van der Waals surface area contributed by atoms with Crippen LogP contribution in [-0.2, 0) is 28.6 Å². The van der Waals surface area contributed by atoms with Crippen LogP contribution in [0.4, 0.5) is 0 Å². The van der Waals surface area contributed by atoms with Gasteiger partial charge in [-0.1, -0.05) is 318 Å². The SMILES string of the molecule is CC/C=C\C/C=C\C/C=C\C/C=C\CCC(=O)OCC(COC(=O)CCCCCCCCCCCCCCCCCCCCCCCCCCCCCCC)OC(=O)CCCCCCCCC/C=C\C/C=C\CCCCC. The first-order chi connectivity index (χ1) is 38.0. The van der Waals surface area contributed by atoms with Gasteiger partial charge in [0.15, 0.2) is 6.10 Å². The molecule has 0 aliphatic heterocycles. The highest BCUT2D eigenvalue weighted by Gasteiger charge is 2.19. The standard InChI is InChI=1S/C71H126O6/c1-4-7-10-13-16-19-22-25-27-29-30-31-32-33-34-35-36-37-38-39-40-42-43-46-49-52-55-58-61-64-70(73)76-67-68(66-75-69(72)63-60-57-54-51-48-45-24-21-18-15-12-9-6-3)77-71(74)65-62-59-56-53-50-47-44-41-28-26-23-20-17-14-11-8-5-2/h9,12,17-18,20-21,26,28,45,48,54,57,68H,4-8,10-11,13-16,19,22-25,27,29-44,46-47,49-53,55-56,58-67H2,1-3H3/b12-9-,20-17-,21-18-,28-26-,48-45-,57-54-.